The first-order chi connectivity index (χ1) is 7.78. The Hall–Kier alpha value is -1.46. The Bertz CT molecular complexity index is 350. The van der Waals surface area contributed by atoms with Crippen molar-refractivity contribution in [3.05, 3.63) is 0 Å². The Labute approximate surface area is 100 Å². The number of carbonyl (C=O) groups is 2. The molecule has 0 aliphatic carbocycles. The molecule has 0 spiro atoms. The van der Waals surface area contributed by atoms with Crippen molar-refractivity contribution in [1.82, 2.24) is 9.80 Å². The molecule has 96 valence electrons. The van der Waals surface area contributed by atoms with Crippen molar-refractivity contribution in [3.8, 4) is 0 Å². The number of hydrogen-bond acceptors (Lipinski definition) is 3. The average molecular weight is 242 g/mol. The van der Waals surface area contributed by atoms with E-state index in [1.807, 2.05) is 20.8 Å². The van der Waals surface area contributed by atoms with Crippen LogP contribution in [0.1, 0.15) is 20.8 Å². The summed E-state index contributed by atoms with van der Waals surface area (Å²) in [5.74, 6) is 0.276. The van der Waals surface area contributed by atoms with Crippen LogP contribution in [-0.4, -0.2) is 58.4 Å². The zero-order chi connectivity index (χ0) is 12.8. The van der Waals surface area contributed by atoms with E-state index < -0.39 is 11.7 Å². The minimum Gasteiger partial charge on any atom is -0.465 e. The van der Waals surface area contributed by atoms with Gasteiger partial charge in [0.05, 0.1) is 6.04 Å². The van der Waals surface area contributed by atoms with Gasteiger partial charge in [-0.3, -0.25) is 0 Å². The summed E-state index contributed by atoms with van der Waals surface area (Å²) >= 11 is 0. The highest BCUT2D eigenvalue weighted by molar-refractivity contribution is 5.71. The van der Waals surface area contributed by atoms with Crippen LogP contribution in [0.3, 0.4) is 0 Å². The SMILES string of the molecule is CC(C)(C)OC(=O)N1C[C@@H]2CN(C(=O)O)C[C@@H]21. The van der Waals surface area contributed by atoms with Gasteiger partial charge in [-0.15, -0.1) is 0 Å². The maximum absolute atomic E-state index is 11.8. The van der Waals surface area contributed by atoms with E-state index in [-0.39, 0.29) is 18.1 Å². The number of fused-ring (bicyclic) bond motifs is 1. The molecule has 2 saturated heterocycles. The fourth-order valence-corrected chi connectivity index (χ4v) is 2.32. The third kappa shape index (κ3) is 2.30. The number of rotatable bonds is 0. The maximum atomic E-state index is 11.8. The fraction of sp³-hybridized carbons (Fsp3) is 0.818. The zero-order valence-electron chi connectivity index (χ0n) is 10.3. The molecule has 2 aliphatic rings. The van der Waals surface area contributed by atoms with Gasteiger partial charge >= 0.3 is 12.2 Å². The van der Waals surface area contributed by atoms with Gasteiger partial charge in [-0.25, -0.2) is 9.59 Å². The van der Waals surface area contributed by atoms with Crippen molar-refractivity contribution >= 4 is 12.2 Å². The summed E-state index contributed by atoms with van der Waals surface area (Å²) in [4.78, 5) is 25.6. The Morgan fingerprint density at radius 3 is 2.41 bits per heavy atom. The normalized spacial score (nSPS) is 27.5. The van der Waals surface area contributed by atoms with Gasteiger partial charge in [-0.2, -0.15) is 0 Å². The topological polar surface area (TPSA) is 70.1 Å². The lowest BCUT2D eigenvalue weighted by molar-refractivity contribution is -0.0164. The third-order valence-corrected chi connectivity index (χ3v) is 3.14. The largest absolute Gasteiger partial charge is 0.465 e. The van der Waals surface area contributed by atoms with E-state index in [0.29, 0.717) is 19.6 Å². The first-order valence-corrected chi connectivity index (χ1v) is 5.75. The Morgan fingerprint density at radius 1 is 1.24 bits per heavy atom. The molecule has 0 unspecified atom stereocenters. The molecular formula is C11H18N2O4. The number of amides is 2. The van der Waals surface area contributed by atoms with Crippen molar-refractivity contribution < 1.29 is 19.4 Å². The Morgan fingerprint density at radius 2 is 1.88 bits per heavy atom. The van der Waals surface area contributed by atoms with Crippen LogP contribution in [-0.2, 0) is 4.74 Å². The molecule has 0 saturated carbocycles. The predicted molar refractivity (Wildman–Crippen MR) is 59.8 cm³/mol. The number of likely N-dealkylation sites (tertiary alicyclic amines) is 2. The molecule has 0 aromatic carbocycles. The van der Waals surface area contributed by atoms with Crippen LogP contribution >= 0.6 is 0 Å². The van der Waals surface area contributed by atoms with Crippen LogP contribution in [0.2, 0.25) is 0 Å². The minimum atomic E-state index is -0.913. The number of ether oxygens (including phenoxy) is 1. The average Bonchev–Trinajstić information content (AvgIpc) is 2.41. The molecule has 2 rings (SSSR count). The van der Waals surface area contributed by atoms with Crippen LogP contribution in [0.25, 0.3) is 0 Å². The first kappa shape index (κ1) is 12.0. The van der Waals surface area contributed by atoms with Crippen LogP contribution in [0, 0.1) is 5.92 Å². The van der Waals surface area contributed by atoms with E-state index in [0.717, 1.165) is 0 Å². The summed E-state index contributed by atoms with van der Waals surface area (Å²) in [5, 5.41) is 8.88. The minimum absolute atomic E-state index is 0.000880. The number of nitrogens with zero attached hydrogens (tertiary/aromatic N) is 2. The fourth-order valence-electron chi connectivity index (χ4n) is 2.32. The molecular weight excluding hydrogens is 224 g/mol. The van der Waals surface area contributed by atoms with Crippen LogP contribution in [0.4, 0.5) is 9.59 Å². The van der Waals surface area contributed by atoms with E-state index in [2.05, 4.69) is 0 Å². The molecule has 0 aromatic heterocycles. The predicted octanol–water partition coefficient (Wildman–Crippen LogP) is 1.22. The lowest BCUT2D eigenvalue weighted by Crippen LogP contribution is -2.59. The maximum Gasteiger partial charge on any atom is 0.410 e. The van der Waals surface area contributed by atoms with Crippen molar-refractivity contribution in [2.45, 2.75) is 32.4 Å². The van der Waals surface area contributed by atoms with Crippen LogP contribution < -0.4 is 0 Å². The summed E-state index contributed by atoms with van der Waals surface area (Å²) in [6.07, 6.45) is -1.26. The molecule has 6 heteroatoms. The summed E-state index contributed by atoms with van der Waals surface area (Å²) in [5.41, 5.74) is -0.507. The van der Waals surface area contributed by atoms with Crippen molar-refractivity contribution in [3.63, 3.8) is 0 Å². The molecule has 2 atom stereocenters. The summed E-state index contributed by atoms with van der Waals surface area (Å²) in [6, 6.07) is 0.000880. The second kappa shape index (κ2) is 3.78. The van der Waals surface area contributed by atoms with Gasteiger partial charge < -0.3 is 19.6 Å². The lowest BCUT2D eigenvalue weighted by Gasteiger charge is -2.43. The highest BCUT2D eigenvalue weighted by Crippen LogP contribution is 2.33. The van der Waals surface area contributed by atoms with E-state index in [1.165, 1.54) is 4.90 Å². The van der Waals surface area contributed by atoms with E-state index in [4.69, 9.17) is 9.84 Å². The molecule has 2 heterocycles. The molecule has 17 heavy (non-hydrogen) atoms. The van der Waals surface area contributed by atoms with Gasteiger partial charge in [0.15, 0.2) is 0 Å². The van der Waals surface area contributed by atoms with Crippen molar-refractivity contribution in [2.75, 3.05) is 19.6 Å². The smallest absolute Gasteiger partial charge is 0.410 e. The molecule has 2 fully saturated rings. The summed E-state index contributed by atoms with van der Waals surface area (Å²) in [7, 11) is 0. The van der Waals surface area contributed by atoms with Gasteiger partial charge in [0.2, 0.25) is 0 Å². The molecule has 0 aromatic rings. The second-order valence-electron chi connectivity index (χ2n) is 5.65. The van der Waals surface area contributed by atoms with Crippen LogP contribution in [0.15, 0.2) is 0 Å². The first-order valence-electron chi connectivity index (χ1n) is 5.75. The van der Waals surface area contributed by atoms with Gasteiger partial charge in [-0.1, -0.05) is 0 Å². The molecule has 6 nitrogen and oxygen atoms in total. The lowest BCUT2D eigenvalue weighted by atomic mass is 9.93. The number of carbonyl (C=O) groups excluding carboxylic acids is 1. The van der Waals surface area contributed by atoms with Crippen molar-refractivity contribution in [2.24, 2.45) is 5.92 Å². The zero-order valence-corrected chi connectivity index (χ0v) is 10.3. The van der Waals surface area contributed by atoms with Gasteiger partial charge in [-0.05, 0) is 20.8 Å². The standard InChI is InChI=1S/C11H18N2O4/c1-11(2,3)17-10(16)13-5-7-4-12(9(14)15)6-8(7)13/h7-8H,4-6H2,1-3H3,(H,14,15)/t7-,8-/m0/s1. The van der Waals surface area contributed by atoms with Gasteiger partial charge in [0, 0.05) is 25.6 Å². The second-order valence-corrected chi connectivity index (χ2v) is 5.65. The van der Waals surface area contributed by atoms with E-state index in [1.54, 1.807) is 4.90 Å². The van der Waals surface area contributed by atoms with Crippen LogP contribution in [0.5, 0.6) is 0 Å². The Kier molecular flexibility index (Phi) is 2.67. The van der Waals surface area contributed by atoms with Crippen molar-refractivity contribution in [1.29, 1.82) is 0 Å². The molecule has 0 bridgehead atoms. The van der Waals surface area contributed by atoms with Gasteiger partial charge in [0.25, 0.3) is 0 Å². The highest BCUT2D eigenvalue weighted by Gasteiger charge is 2.50. The monoisotopic (exact) mass is 242 g/mol. The number of carboxylic acid groups (broad SMARTS) is 1. The third-order valence-electron chi connectivity index (χ3n) is 3.14. The summed E-state index contributed by atoms with van der Waals surface area (Å²) < 4.78 is 5.27. The highest BCUT2D eigenvalue weighted by atomic mass is 16.6. The summed E-state index contributed by atoms with van der Waals surface area (Å²) in [6.45, 7) is 6.99. The van der Waals surface area contributed by atoms with E-state index in [9.17, 15) is 9.59 Å². The Balaban J connectivity index is 1.91. The quantitative estimate of drug-likeness (QED) is 0.693. The molecule has 2 amide bonds. The molecule has 1 N–H and O–H groups in total. The number of hydrogen-bond donors (Lipinski definition) is 1. The molecule has 2 aliphatic heterocycles. The molecule has 0 radical (unpaired) electrons. The van der Waals surface area contributed by atoms with E-state index >= 15 is 0 Å². The van der Waals surface area contributed by atoms with Gasteiger partial charge in [0.1, 0.15) is 5.60 Å².